The van der Waals surface area contributed by atoms with Gasteiger partial charge >= 0.3 is 0 Å². The molecule has 27 heavy (non-hydrogen) atoms. The molecule has 0 aliphatic heterocycles. The smallest absolute Gasteiger partial charge is 0.186 e. The first-order valence-electron chi connectivity index (χ1n) is 10.4. The Morgan fingerprint density at radius 2 is 1.96 bits per heavy atom. The molecule has 0 aromatic carbocycles. The zero-order valence-electron chi connectivity index (χ0n) is 16.2. The predicted molar refractivity (Wildman–Crippen MR) is 110 cm³/mol. The van der Waals surface area contributed by atoms with Crippen molar-refractivity contribution in [3.63, 3.8) is 0 Å². The second-order valence-corrected chi connectivity index (χ2v) is 12.3. The van der Waals surface area contributed by atoms with Gasteiger partial charge in [0.2, 0.25) is 0 Å². The molecule has 0 aromatic rings. The average molecular weight is 459 g/mol. The van der Waals surface area contributed by atoms with Gasteiger partial charge in [-0.15, -0.1) is 0 Å². The molecule has 4 saturated carbocycles. The highest BCUT2D eigenvalue weighted by Crippen LogP contribution is 2.66. The number of Topliss-reactive ketones (excluding diaryl/α,β-unsaturated/α-hetero) is 1. The van der Waals surface area contributed by atoms with Crippen LogP contribution in [0.15, 0.2) is 0 Å². The van der Waals surface area contributed by atoms with Crippen LogP contribution >= 0.6 is 27.7 Å². The van der Waals surface area contributed by atoms with E-state index in [9.17, 15) is 19.8 Å². The molecule has 4 fully saturated rings. The van der Waals surface area contributed by atoms with Crippen LogP contribution < -0.4 is 0 Å². The minimum Gasteiger partial charge on any atom is -0.395 e. The third-order valence-electron chi connectivity index (χ3n) is 8.69. The molecular formula is C21H31BrO4S. The van der Waals surface area contributed by atoms with Crippen LogP contribution in [0.25, 0.3) is 0 Å². The van der Waals surface area contributed by atoms with Crippen LogP contribution in [0, 0.1) is 34.5 Å². The van der Waals surface area contributed by atoms with Crippen LogP contribution in [0.4, 0.5) is 0 Å². The van der Waals surface area contributed by atoms with Crippen molar-refractivity contribution in [1.29, 1.82) is 0 Å². The minimum atomic E-state index is -0.652. The molecule has 0 spiro atoms. The Balaban J connectivity index is 1.62. The Hall–Kier alpha value is 0.0900. The van der Waals surface area contributed by atoms with E-state index in [1.54, 1.807) is 6.92 Å². The molecular weight excluding hydrogens is 428 g/mol. The summed E-state index contributed by atoms with van der Waals surface area (Å²) in [5.41, 5.74) is -0.478. The number of rotatable bonds is 2. The van der Waals surface area contributed by atoms with Crippen molar-refractivity contribution in [3.05, 3.63) is 0 Å². The number of carbonyl (C=O) groups excluding carboxylic acids is 2. The van der Waals surface area contributed by atoms with Crippen LogP contribution in [-0.2, 0) is 9.59 Å². The number of hydrogen-bond acceptors (Lipinski definition) is 5. The molecule has 4 aliphatic carbocycles. The van der Waals surface area contributed by atoms with E-state index in [0.29, 0.717) is 17.1 Å². The summed E-state index contributed by atoms with van der Waals surface area (Å²) in [7, 11) is 0. The lowest BCUT2D eigenvalue weighted by Gasteiger charge is -2.61. The zero-order valence-corrected chi connectivity index (χ0v) is 18.6. The molecule has 0 amide bonds. The summed E-state index contributed by atoms with van der Waals surface area (Å²) in [4.78, 5) is 24.2. The number of thioether (sulfide) groups is 1. The van der Waals surface area contributed by atoms with E-state index >= 15 is 0 Å². The van der Waals surface area contributed by atoms with Crippen molar-refractivity contribution in [2.24, 2.45) is 34.5 Å². The summed E-state index contributed by atoms with van der Waals surface area (Å²) in [6.45, 7) is 3.95. The molecule has 0 radical (unpaired) electrons. The van der Waals surface area contributed by atoms with Crippen molar-refractivity contribution >= 4 is 38.6 Å². The van der Waals surface area contributed by atoms with Crippen molar-refractivity contribution in [2.45, 2.75) is 75.0 Å². The lowest BCUT2D eigenvalue weighted by atomic mass is 9.44. The van der Waals surface area contributed by atoms with Gasteiger partial charge in [-0.1, -0.05) is 34.6 Å². The molecule has 4 nitrogen and oxygen atoms in total. The van der Waals surface area contributed by atoms with E-state index in [0.717, 1.165) is 44.9 Å². The van der Waals surface area contributed by atoms with Crippen LogP contribution in [-0.4, -0.2) is 43.9 Å². The molecule has 4 aliphatic rings. The van der Waals surface area contributed by atoms with Gasteiger partial charge in [-0.3, -0.25) is 9.59 Å². The number of carbonyl (C=O) groups is 2. The Labute approximate surface area is 174 Å². The van der Waals surface area contributed by atoms with Gasteiger partial charge in [0.05, 0.1) is 23.0 Å². The molecule has 3 unspecified atom stereocenters. The molecule has 6 heteroatoms. The first kappa shape index (κ1) is 20.4. The second-order valence-electron chi connectivity index (χ2n) is 9.72. The Kier molecular flexibility index (Phi) is 5.36. The monoisotopic (exact) mass is 458 g/mol. The number of halogens is 1. The van der Waals surface area contributed by atoms with Gasteiger partial charge in [0, 0.05) is 12.2 Å². The number of ketones is 1. The first-order chi connectivity index (χ1) is 12.7. The fourth-order valence-electron chi connectivity index (χ4n) is 7.37. The topological polar surface area (TPSA) is 74.6 Å². The summed E-state index contributed by atoms with van der Waals surface area (Å²) in [5, 5.41) is 21.9. The van der Waals surface area contributed by atoms with E-state index in [1.165, 1.54) is 11.8 Å². The SMILES string of the molecule is CC(=O)S[C@H]1CC[C@]2(C)C3CC[C@]4(CO)C(=O)[C@H](Br)CC4C3[C@@H](O)C[C@H]2C1. The Morgan fingerprint density at radius 3 is 2.63 bits per heavy atom. The van der Waals surface area contributed by atoms with Gasteiger partial charge in [0.25, 0.3) is 0 Å². The highest BCUT2D eigenvalue weighted by atomic mass is 79.9. The van der Waals surface area contributed by atoms with Crippen LogP contribution in [0.5, 0.6) is 0 Å². The summed E-state index contributed by atoms with van der Waals surface area (Å²) in [6.07, 6.45) is 5.94. The van der Waals surface area contributed by atoms with E-state index < -0.39 is 11.5 Å². The predicted octanol–water partition coefficient (Wildman–Crippen LogP) is 3.56. The highest BCUT2D eigenvalue weighted by molar-refractivity contribution is 9.10. The molecule has 2 N–H and O–H groups in total. The Bertz CT molecular complexity index is 642. The van der Waals surface area contributed by atoms with Crippen LogP contribution in [0.2, 0.25) is 0 Å². The lowest BCUT2D eigenvalue weighted by molar-refractivity contribution is -0.171. The highest BCUT2D eigenvalue weighted by Gasteiger charge is 2.65. The zero-order chi connectivity index (χ0) is 19.6. The van der Waals surface area contributed by atoms with Crippen molar-refractivity contribution in [2.75, 3.05) is 6.61 Å². The number of aliphatic hydroxyl groups excluding tert-OH is 2. The van der Waals surface area contributed by atoms with Gasteiger partial charge in [-0.25, -0.2) is 0 Å². The van der Waals surface area contributed by atoms with E-state index in [4.69, 9.17) is 0 Å². The molecule has 4 rings (SSSR count). The van der Waals surface area contributed by atoms with Crippen molar-refractivity contribution in [1.82, 2.24) is 0 Å². The maximum atomic E-state index is 12.9. The van der Waals surface area contributed by atoms with Gasteiger partial charge in [0.15, 0.2) is 10.9 Å². The number of aliphatic hydroxyl groups is 2. The largest absolute Gasteiger partial charge is 0.395 e. The standard InChI is InChI=1S/C21H31BrO4S/c1-11(24)27-13-3-5-20(2)12(7-13)8-17(25)18-14(20)4-6-21(10-23)15(18)9-16(22)19(21)26/h12-18,23,25H,3-10H2,1-2H3/t12-,13+,14?,15?,16-,17+,18?,20+,21-/m1/s1. The third-order valence-corrected chi connectivity index (χ3v) is 10.6. The average Bonchev–Trinajstić information content (AvgIpc) is 2.87. The van der Waals surface area contributed by atoms with E-state index in [2.05, 4.69) is 22.9 Å². The third kappa shape index (κ3) is 3.00. The van der Waals surface area contributed by atoms with Gasteiger partial charge in [-0.2, -0.15) is 0 Å². The molecule has 0 aromatic heterocycles. The fourth-order valence-corrected chi connectivity index (χ4v) is 9.27. The molecule has 0 heterocycles. The maximum absolute atomic E-state index is 12.9. The molecule has 0 bridgehead atoms. The first-order valence-corrected chi connectivity index (χ1v) is 12.2. The van der Waals surface area contributed by atoms with Crippen LogP contribution in [0.3, 0.4) is 0 Å². The summed E-state index contributed by atoms with van der Waals surface area (Å²) < 4.78 is 0. The Morgan fingerprint density at radius 1 is 1.22 bits per heavy atom. The van der Waals surface area contributed by atoms with Gasteiger partial charge in [-0.05, 0) is 74.0 Å². The van der Waals surface area contributed by atoms with Crippen molar-refractivity contribution in [3.8, 4) is 0 Å². The number of fused-ring (bicyclic) bond motifs is 5. The second kappa shape index (κ2) is 7.10. The molecule has 0 saturated heterocycles. The van der Waals surface area contributed by atoms with Crippen LogP contribution in [0.1, 0.15) is 58.8 Å². The summed E-state index contributed by atoms with van der Waals surface area (Å²) in [6, 6.07) is 0. The number of hydrogen-bond donors (Lipinski definition) is 2. The maximum Gasteiger partial charge on any atom is 0.186 e. The fraction of sp³-hybridized carbons (Fsp3) is 0.905. The quantitative estimate of drug-likeness (QED) is 0.618. The number of alkyl halides is 1. The molecule has 9 atom stereocenters. The lowest BCUT2D eigenvalue weighted by Crippen LogP contribution is -2.59. The van der Waals surface area contributed by atoms with E-state index in [-0.39, 0.29) is 39.6 Å². The van der Waals surface area contributed by atoms with E-state index in [1.807, 2.05) is 0 Å². The van der Waals surface area contributed by atoms with Gasteiger partial charge in [0.1, 0.15) is 0 Å². The molecule has 152 valence electrons. The summed E-state index contributed by atoms with van der Waals surface area (Å²) >= 11 is 5.02. The van der Waals surface area contributed by atoms with Crippen molar-refractivity contribution < 1.29 is 19.8 Å². The van der Waals surface area contributed by atoms with Gasteiger partial charge < -0.3 is 10.2 Å². The minimum absolute atomic E-state index is 0.0789. The normalized spacial score (nSPS) is 52.0. The summed E-state index contributed by atoms with van der Waals surface area (Å²) in [5.74, 6) is 1.18.